The number of nitrogens with zero attached hydrogens (tertiary/aromatic N) is 2. The smallest absolute Gasteiger partial charge is 0.271 e. The van der Waals surface area contributed by atoms with E-state index in [1.807, 2.05) is 31.2 Å². The van der Waals surface area contributed by atoms with E-state index in [0.29, 0.717) is 17.9 Å². The SMILES string of the molecule is Cc1ccc(O[C@@H]2CC[C@H](CNC(=O)c3cncc(C)n3)[C@H]2O)cc1. The molecule has 0 radical (unpaired) electrons. The second kappa shape index (κ2) is 7.61. The van der Waals surface area contributed by atoms with Gasteiger partial charge in [0.05, 0.1) is 18.0 Å². The minimum absolute atomic E-state index is 0.0304. The van der Waals surface area contributed by atoms with Gasteiger partial charge < -0.3 is 15.2 Å². The maximum Gasteiger partial charge on any atom is 0.271 e. The molecular formula is C19H23N3O3. The number of aliphatic hydroxyl groups excluding tert-OH is 1. The molecule has 3 rings (SSSR count). The number of ether oxygens (including phenoxy) is 1. The van der Waals surface area contributed by atoms with Crippen LogP contribution in [0, 0.1) is 19.8 Å². The Morgan fingerprint density at radius 2 is 2.00 bits per heavy atom. The normalized spacial score (nSPS) is 22.6. The summed E-state index contributed by atoms with van der Waals surface area (Å²) in [6.07, 6.45) is 3.76. The van der Waals surface area contributed by atoms with Crippen molar-refractivity contribution in [2.75, 3.05) is 6.54 Å². The lowest BCUT2D eigenvalue weighted by molar-refractivity contribution is 0.0348. The lowest BCUT2D eigenvalue weighted by Gasteiger charge is -2.21. The highest BCUT2D eigenvalue weighted by molar-refractivity contribution is 5.91. The minimum atomic E-state index is -0.606. The second-order valence-corrected chi connectivity index (χ2v) is 6.55. The highest BCUT2D eigenvalue weighted by atomic mass is 16.5. The summed E-state index contributed by atoms with van der Waals surface area (Å²) in [5, 5.41) is 13.3. The van der Waals surface area contributed by atoms with Crippen LogP contribution < -0.4 is 10.1 Å². The zero-order chi connectivity index (χ0) is 17.8. The van der Waals surface area contributed by atoms with Gasteiger partial charge in [-0.15, -0.1) is 0 Å². The van der Waals surface area contributed by atoms with E-state index in [-0.39, 0.29) is 17.9 Å². The van der Waals surface area contributed by atoms with Gasteiger partial charge in [0.2, 0.25) is 0 Å². The quantitative estimate of drug-likeness (QED) is 0.869. The third-order valence-electron chi connectivity index (χ3n) is 4.51. The first-order chi connectivity index (χ1) is 12.0. The van der Waals surface area contributed by atoms with Gasteiger partial charge in [0, 0.05) is 18.7 Å². The Morgan fingerprint density at radius 3 is 2.72 bits per heavy atom. The van der Waals surface area contributed by atoms with E-state index in [2.05, 4.69) is 15.3 Å². The number of aromatic nitrogens is 2. The lowest BCUT2D eigenvalue weighted by atomic mass is 10.1. The summed E-state index contributed by atoms with van der Waals surface area (Å²) in [6, 6.07) is 7.79. The summed E-state index contributed by atoms with van der Waals surface area (Å²) in [4.78, 5) is 20.3. The number of rotatable bonds is 5. The van der Waals surface area contributed by atoms with Crippen molar-refractivity contribution in [1.29, 1.82) is 0 Å². The van der Waals surface area contributed by atoms with Gasteiger partial charge >= 0.3 is 0 Å². The van der Waals surface area contributed by atoms with Crippen LogP contribution in [0.1, 0.15) is 34.6 Å². The molecule has 6 heteroatoms. The molecule has 1 aliphatic carbocycles. The third-order valence-corrected chi connectivity index (χ3v) is 4.51. The number of hydrogen-bond donors (Lipinski definition) is 2. The van der Waals surface area contributed by atoms with Crippen LogP contribution in [0.15, 0.2) is 36.7 Å². The molecule has 1 fully saturated rings. The fourth-order valence-electron chi connectivity index (χ4n) is 3.05. The topological polar surface area (TPSA) is 84.3 Å². The number of benzene rings is 1. The van der Waals surface area contributed by atoms with E-state index >= 15 is 0 Å². The van der Waals surface area contributed by atoms with E-state index in [9.17, 15) is 9.90 Å². The highest BCUT2D eigenvalue weighted by Gasteiger charge is 2.36. The Balaban J connectivity index is 1.52. The van der Waals surface area contributed by atoms with E-state index in [4.69, 9.17) is 4.74 Å². The molecule has 1 amide bonds. The van der Waals surface area contributed by atoms with Crippen LogP contribution >= 0.6 is 0 Å². The van der Waals surface area contributed by atoms with E-state index in [1.54, 1.807) is 13.1 Å². The molecule has 0 spiro atoms. The fraction of sp³-hybridized carbons (Fsp3) is 0.421. The van der Waals surface area contributed by atoms with Crippen molar-refractivity contribution in [2.24, 2.45) is 5.92 Å². The average molecular weight is 341 g/mol. The molecule has 132 valence electrons. The maximum atomic E-state index is 12.1. The number of aliphatic hydroxyl groups is 1. The van der Waals surface area contributed by atoms with Crippen LogP contribution in [-0.2, 0) is 0 Å². The molecule has 1 aromatic carbocycles. The van der Waals surface area contributed by atoms with Crippen molar-refractivity contribution < 1.29 is 14.6 Å². The van der Waals surface area contributed by atoms with Crippen molar-refractivity contribution in [1.82, 2.24) is 15.3 Å². The summed E-state index contributed by atoms with van der Waals surface area (Å²) in [7, 11) is 0. The zero-order valence-electron chi connectivity index (χ0n) is 14.5. The molecule has 1 heterocycles. The molecule has 3 atom stereocenters. The second-order valence-electron chi connectivity index (χ2n) is 6.55. The van der Waals surface area contributed by atoms with E-state index < -0.39 is 6.10 Å². The number of amides is 1. The molecule has 6 nitrogen and oxygen atoms in total. The maximum absolute atomic E-state index is 12.1. The summed E-state index contributed by atoms with van der Waals surface area (Å²) in [5.74, 6) is 0.456. The molecule has 2 aromatic rings. The molecule has 0 bridgehead atoms. The zero-order valence-corrected chi connectivity index (χ0v) is 14.5. The number of hydrogen-bond acceptors (Lipinski definition) is 5. The summed E-state index contributed by atoms with van der Waals surface area (Å²) in [5.41, 5.74) is 2.15. The van der Waals surface area contributed by atoms with Crippen LogP contribution in [0.3, 0.4) is 0 Å². The van der Waals surface area contributed by atoms with Crippen molar-refractivity contribution in [2.45, 2.75) is 38.9 Å². The first-order valence-corrected chi connectivity index (χ1v) is 8.51. The molecule has 1 aliphatic rings. The van der Waals surface area contributed by atoms with Gasteiger partial charge in [0.15, 0.2) is 0 Å². The Kier molecular flexibility index (Phi) is 5.28. The van der Waals surface area contributed by atoms with Crippen LogP contribution in [0.2, 0.25) is 0 Å². The predicted molar refractivity (Wildman–Crippen MR) is 93.4 cm³/mol. The molecule has 1 aromatic heterocycles. The van der Waals surface area contributed by atoms with Gasteiger partial charge in [-0.05, 0) is 38.8 Å². The third kappa shape index (κ3) is 4.33. The van der Waals surface area contributed by atoms with Gasteiger partial charge in [0.25, 0.3) is 5.91 Å². The first kappa shape index (κ1) is 17.4. The number of carbonyl (C=O) groups is 1. The van der Waals surface area contributed by atoms with Crippen molar-refractivity contribution in [3.05, 3.63) is 53.6 Å². The largest absolute Gasteiger partial charge is 0.488 e. The van der Waals surface area contributed by atoms with Crippen molar-refractivity contribution in [3.63, 3.8) is 0 Å². The van der Waals surface area contributed by atoms with Gasteiger partial charge in [-0.3, -0.25) is 9.78 Å². The Bertz CT molecular complexity index is 733. The van der Waals surface area contributed by atoms with Gasteiger partial charge in [0.1, 0.15) is 17.5 Å². The number of nitrogens with one attached hydrogen (secondary N) is 1. The Morgan fingerprint density at radius 1 is 1.24 bits per heavy atom. The van der Waals surface area contributed by atoms with Gasteiger partial charge in [-0.2, -0.15) is 0 Å². The summed E-state index contributed by atoms with van der Waals surface area (Å²) in [6.45, 7) is 4.20. The van der Waals surface area contributed by atoms with Crippen molar-refractivity contribution >= 4 is 5.91 Å². The summed E-state index contributed by atoms with van der Waals surface area (Å²) >= 11 is 0. The van der Waals surface area contributed by atoms with E-state index in [1.165, 1.54) is 11.8 Å². The number of carbonyl (C=O) groups excluding carboxylic acids is 1. The monoisotopic (exact) mass is 341 g/mol. The first-order valence-electron chi connectivity index (χ1n) is 8.51. The average Bonchev–Trinajstić information content (AvgIpc) is 2.95. The van der Waals surface area contributed by atoms with Crippen LogP contribution in [0.4, 0.5) is 0 Å². The highest BCUT2D eigenvalue weighted by Crippen LogP contribution is 2.29. The van der Waals surface area contributed by atoms with Crippen molar-refractivity contribution in [3.8, 4) is 5.75 Å². The van der Waals surface area contributed by atoms with E-state index in [0.717, 1.165) is 18.6 Å². The van der Waals surface area contributed by atoms with Crippen LogP contribution in [0.25, 0.3) is 0 Å². The van der Waals surface area contributed by atoms with Gasteiger partial charge in [-0.25, -0.2) is 4.98 Å². The molecule has 1 saturated carbocycles. The Hall–Kier alpha value is -2.47. The van der Waals surface area contributed by atoms with Crippen LogP contribution in [-0.4, -0.2) is 39.7 Å². The molecular weight excluding hydrogens is 318 g/mol. The molecule has 0 saturated heterocycles. The molecule has 2 N–H and O–H groups in total. The van der Waals surface area contributed by atoms with Crippen LogP contribution in [0.5, 0.6) is 5.75 Å². The predicted octanol–water partition coefficient (Wildman–Crippen LogP) is 2.04. The lowest BCUT2D eigenvalue weighted by Crippen LogP contribution is -2.37. The standard InChI is InChI=1S/C19H23N3O3/c1-12-3-6-15(7-4-12)25-17-8-5-14(18(17)23)10-21-19(24)16-11-20-9-13(2)22-16/h3-4,6-7,9,11,14,17-18,23H,5,8,10H2,1-2H3,(H,21,24)/t14-,17-,18-/m1/s1. The van der Waals surface area contributed by atoms with Gasteiger partial charge in [-0.1, -0.05) is 17.7 Å². The summed E-state index contributed by atoms with van der Waals surface area (Å²) < 4.78 is 5.89. The molecule has 0 aliphatic heterocycles. The fourth-order valence-corrected chi connectivity index (χ4v) is 3.05. The molecule has 25 heavy (non-hydrogen) atoms. The number of aryl methyl sites for hydroxylation is 2. The molecule has 0 unspecified atom stereocenters. The minimum Gasteiger partial charge on any atom is -0.488 e. The Labute approximate surface area is 147 Å².